The van der Waals surface area contributed by atoms with E-state index in [1.54, 1.807) is 0 Å². The summed E-state index contributed by atoms with van der Waals surface area (Å²) in [4.78, 5) is 10.7. The zero-order valence-corrected chi connectivity index (χ0v) is 10.3. The summed E-state index contributed by atoms with van der Waals surface area (Å²) in [5.74, 6) is -1.17. The molecule has 1 aromatic carbocycles. The summed E-state index contributed by atoms with van der Waals surface area (Å²) >= 11 is 0. The molecular weight excluding hydrogens is 287 g/mol. The molecule has 0 aliphatic rings. The number of alkyl halides is 3. The predicted molar refractivity (Wildman–Crippen MR) is 60.1 cm³/mol. The van der Waals surface area contributed by atoms with Crippen LogP contribution in [0.5, 0.6) is 0 Å². The van der Waals surface area contributed by atoms with E-state index in [9.17, 15) is 26.4 Å². The van der Waals surface area contributed by atoms with E-state index < -0.39 is 28.0 Å². The van der Waals surface area contributed by atoms with Crippen LogP contribution in [0, 0.1) is 0 Å². The van der Waals surface area contributed by atoms with Crippen LogP contribution in [0.3, 0.4) is 0 Å². The predicted octanol–water partition coefficient (Wildman–Crippen LogP) is 1.37. The molecule has 0 aliphatic carbocycles. The molecule has 0 bridgehead atoms. The minimum atomic E-state index is -5.36. The first-order chi connectivity index (χ1) is 8.63. The van der Waals surface area contributed by atoms with E-state index in [0.717, 1.165) is 0 Å². The van der Waals surface area contributed by atoms with Gasteiger partial charge in [0.2, 0.25) is 0 Å². The average molecular weight is 297 g/mol. The fraction of sp³-hybridized carbons (Fsp3) is 0.300. The van der Waals surface area contributed by atoms with E-state index in [-0.39, 0.29) is 12.0 Å². The van der Waals surface area contributed by atoms with Gasteiger partial charge in [-0.25, -0.2) is 17.9 Å². The lowest BCUT2D eigenvalue weighted by Gasteiger charge is -2.09. The van der Waals surface area contributed by atoms with Crippen LogP contribution in [0.4, 0.5) is 13.2 Å². The maximum Gasteiger partial charge on any atom is 0.511 e. The first-order valence-corrected chi connectivity index (χ1v) is 6.50. The van der Waals surface area contributed by atoms with Gasteiger partial charge in [-0.05, 0) is 24.1 Å². The summed E-state index contributed by atoms with van der Waals surface area (Å²) in [6.07, 6.45) is -0.0452. The lowest BCUT2D eigenvalue weighted by Crippen LogP contribution is -2.37. The van der Waals surface area contributed by atoms with Crippen molar-refractivity contribution in [2.45, 2.75) is 11.9 Å². The molecule has 0 heterocycles. The van der Waals surface area contributed by atoms with Gasteiger partial charge in [-0.2, -0.15) is 13.2 Å². The van der Waals surface area contributed by atoms with Crippen molar-refractivity contribution in [3.8, 4) is 0 Å². The second-order valence-corrected chi connectivity index (χ2v) is 5.36. The lowest BCUT2D eigenvalue weighted by molar-refractivity contribution is -0.0447. The van der Waals surface area contributed by atoms with Crippen molar-refractivity contribution < 1.29 is 31.5 Å². The number of nitrogens with one attached hydrogen (secondary N) is 1. The fourth-order valence-electron chi connectivity index (χ4n) is 1.27. The van der Waals surface area contributed by atoms with Crippen LogP contribution in [-0.2, 0) is 16.4 Å². The zero-order chi connectivity index (χ0) is 14.7. The second kappa shape index (κ2) is 5.57. The van der Waals surface area contributed by atoms with E-state index >= 15 is 0 Å². The molecule has 1 rings (SSSR count). The third-order valence-electron chi connectivity index (χ3n) is 2.18. The summed E-state index contributed by atoms with van der Waals surface area (Å²) in [5.41, 5.74) is -4.95. The van der Waals surface area contributed by atoms with Gasteiger partial charge in [0.05, 0.1) is 5.56 Å². The topological polar surface area (TPSA) is 83.5 Å². The Morgan fingerprint density at radius 2 is 1.95 bits per heavy atom. The molecular formula is C10H10F3NO4S. The quantitative estimate of drug-likeness (QED) is 0.859. The number of carboxylic acid groups (broad SMARTS) is 1. The highest BCUT2D eigenvalue weighted by Gasteiger charge is 2.45. The molecule has 2 N–H and O–H groups in total. The van der Waals surface area contributed by atoms with E-state index in [1.165, 1.54) is 29.0 Å². The molecule has 0 saturated heterocycles. The summed E-state index contributed by atoms with van der Waals surface area (Å²) in [5, 5.41) is 8.71. The first kappa shape index (κ1) is 15.4. The molecule has 0 radical (unpaired) electrons. The molecule has 9 heteroatoms. The van der Waals surface area contributed by atoms with Gasteiger partial charge in [0.1, 0.15) is 0 Å². The minimum Gasteiger partial charge on any atom is -0.478 e. The molecule has 0 saturated carbocycles. The highest BCUT2D eigenvalue weighted by atomic mass is 32.2. The number of benzene rings is 1. The summed E-state index contributed by atoms with van der Waals surface area (Å²) < 4.78 is 58.8. The van der Waals surface area contributed by atoms with E-state index in [2.05, 4.69) is 0 Å². The fourth-order valence-corrected chi connectivity index (χ4v) is 1.81. The number of sulfonamides is 1. The summed E-state index contributed by atoms with van der Waals surface area (Å²) in [6.45, 7) is -0.467. The van der Waals surface area contributed by atoms with Crippen LogP contribution >= 0.6 is 0 Å². The monoisotopic (exact) mass is 297 g/mol. The molecule has 0 unspecified atom stereocenters. The number of carbonyl (C=O) groups is 1. The smallest absolute Gasteiger partial charge is 0.478 e. The van der Waals surface area contributed by atoms with Crippen LogP contribution in [0.1, 0.15) is 15.9 Å². The van der Waals surface area contributed by atoms with Crippen LogP contribution in [0.15, 0.2) is 24.3 Å². The van der Waals surface area contributed by atoms with Crippen LogP contribution in [-0.4, -0.2) is 31.5 Å². The summed E-state index contributed by atoms with van der Waals surface area (Å²) in [6, 6.07) is 5.52. The minimum absolute atomic E-state index is 0.0174. The molecule has 0 aromatic heterocycles. The molecule has 0 amide bonds. The number of rotatable bonds is 5. The van der Waals surface area contributed by atoms with Crippen molar-refractivity contribution in [1.29, 1.82) is 0 Å². The number of hydrogen-bond acceptors (Lipinski definition) is 3. The molecule has 0 fully saturated rings. The van der Waals surface area contributed by atoms with Crippen molar-refractivity contribution in [3.05, 3.63) is 35.4 Å². The third-order valence-corrected chi connectivity index (χ3v) is 3.38. The average Bonchev–Trinajstić information content (AvgIpc) is 2.27. The second-order valence-electron chi connectivity index (χ2n) is 3.60. The molecule has 0 spiro atoms. The normalized spacial score (nSPS) is 12.4. The van der Waals surface area contributed by atoms with Gasteiger partial charge in [-0.1, -0.05) is 12.1 Å². The maximum atomic E-state index is 12.0. The maximum absolute atomic E-state index is 12.0. The number of halogens is 3. The largest absolute Gasteiger partial charge is 0.511 e. The third kappa shape index (κ3) is 4.21. The Kier molecular flexibility index (Phi) is 4.53. The number of carboxylic acids is 1. The van der Waals surface area contributed by atoms with Crippen molar-refractivity contribution >= 4 is 16.0 Å². The zero-order valence-electron chi connectivity index (χ0n) is 9.44. The van der Waals surface area contributed by atoms with Crippen molar-refractivity contribution in [2.75, 3.05) is 6.54 Å². The molecule has 0 atom stereocenters. The number of hydrogen-bond donors (Lipinski definition) is 2. The van der Waals surface area contributed by atoms with Gasteiger partial charge in [-0.15, -0.1) is 0 Å². The molecule has 19 heavy (non-hydrogen) atoms. The highest BCUT2D eigenvalue weighted by Crippen LogP contribution is 2.21. The van der Waals surface area contributed by atoms with Gasteiger partial charge in [0.15, 0.2) is 0 Å². The van der Waals surface area contributed by atoms with Gasteiger partial charge in [0.25, 0.3) is 0 Å². The molecule has 106 valence electrons. The van der Waals surface area contributed by atoms with E-state index in [0.29, 0.717) is 5.56 Å². The molecule has 5 nitrogen and oxygen atoms in total. The van der Waals surface area contributed by atoms with Gasteiger partial charge < -0.3 is 5.11 Å². The standard InChI is InChI=1S/C10H10F3NO4S/c11-10(12,13)19(17,18)14-5-4-7-2-1-3-8(6-7)9(15)16/h1-3,6,14H,4-5H2,(H,15,16). The van der Waals surface area contributed by atoms with Crippen LogP contribution in [0.25, 0.3) is 0 Å². The van der Waals surface area contributed by atoms with Gasteiger partial charge in [-0.3, -0.25) is 0 Å². The first-order valence-electron chi connectivity index (χ1n) is 5.01. The Bertz CT molecular complexity index is 568. The van der Waals surface area contributed by atoms with Gasteiger partial charge >= 0.3 is 21.5 Å². The Hall–Kier alpha value is -1.61. The lowest BCUT2D eigenvalue weighted by atomic mass is 10.1. The Morgan fingerprint density at radius 3 is 2.47 bits per heavy atom. The van der Waals surface area contributed by atoms with Crippen molar-refractivity contribution in [2.24, 2.45) is 0 Å². The van der Waals surface area contributed by atoms with Crippen LogP contribution in [0.2, 0.25) is 0 Å². The van der Waals surface area contributed by atoms with E-state index in [1.807, 2.05) is 0 Å². The summed E-state index contributed by atoms with van der Waals surface area (Å²) in [7, 11) is -5.36. The Morgan fingerprint density at radius 1 is 1.32 bits per heavy atom. The number of aromatic carboxylic acids is 1. The highest BCUT2D eigenvalue weighted by molar-refractivity contribution is 7.90. The molecule has 0 aliphatic heterocycles. The SMILES string of the molecule is O=C(O)c1cccc(CCNS(=O)(=O)C(F)(F)F)c1. The van der Waals surface area contributed by atoms with E-state index in [4.69, 9.17) is 5.11 Å². The Balaban J connectivity index is 2.64. The Labute approximate surface area is 107 Å². The van der Waals surface area contributed by atoms with Crippen molar-refractivity contribution in [1.82, 2.24) is 4.72 Å². The molecule has 1 aromatic rings. The van der Waals surface area contributed by atoms with Gasteiger partial charge in [0, 0.05) is 6.54 Å². The van der Waals surface area contributed by atoms with Crippen LogP contribution < -0.4 is 4.72 Å². The van der Waals surface area contributed by atoms with Crippen molar-refractivity contribution in [3.63, 3.8) is 0 Å².